The summed E-state index contributed by atoms with van der Waals surface area (Å²) in [6.45, 7) is 4.19. The molecule has 0 amide bonds. The molecule has 1 aromatic heterocycles. The summed E-state index contributed by atoms with van der Waals surface area (Å²) in [5, 5.41) is 1.57. The summed E-state index contributed by atoms with van der Waals surface area (Å²) in [6.07, 6.45) is 0.421. The zero-order chi connectivity index (χ0) is 18.7. The minimum atomic E-state index is -3.77. The van der Waals surface area contributed by atoms with Crippen LogP contribution in [0.1, 0.15) is 17.7 Å². The molecule has 0 aliphatic heterocycles. The largest absolute Gasteiger partial charge is 0.312 e. The Morgan fingerprint density at radius 3 is 2.42 bits per heavy atom. The van der Waals surface area contributed by atoms with E-state index in [4.69, 9.17) is 4.18 Å². The number of benzene rings is 2. The second kappa shape index (κ2) is 7.43. The molecule has 5 nitrogen and oxygen atoms in total. The molecule has 0 radical (unpaired) electrons. The molecule has 0 saturated heterocycles. The van der Waals surface area contributed by atoms with Crippen LogP contribution in [0.5, 0.6) is 0 Å². The Morgan fingerprint density at radius 1 is 1.00 bits per heavy atom. The van der Waals surface area contributed by atoms with E-state index in [1.807, 2.05) is 38.1 Å². The molecule has 0 aliphatic carbocycles. The smallest absolute Gasteiger partial charge is 0.296 e. The minimum absolute atomic E-state index is 0.0227. The predicted octanol–water partition coefficient (Wildman–Crippen LogP) is 3.41. The first-order valence-corrected chi connectivity index (χ1v) is 9.84. The van der Waals surface area contributed by atoms with E-state index >= 15 is 0 Å². The molecule has 0 spiro atoms. The van der Waals surface area contributed by atoms with Gasteiger partial charge in [-0.25, -0.2) is 0 Å². The quantitative estimate of drug-likeness (QED) is 0.492. The van der Waals surface area contributed by atoms with Crippen LogP contribution >= 0.6 is 0 Å². The Balaban J connectivity index is 1.68. The third kappa shape index (κ3) is 3.86. The van der Waals surface area contributed by atoms with Crippen molar-refractivity contribution in [3.63, 3.8) is 0 Å². The van der Waals surface area contributed by atoms with Crippen molar-refractivity contribution in [1.29, 1.82) is 0 Å². The summed E-state index contributed by atoms with van der Waals surface area (Å²) < 4.78 is 31.1. The minimum Gasteiger partial charge on any atom is -0.312 e. The van der Waals surface area contributed by atoms with Crippen LogP contribution in [-0.4, -0.2) is 19.6 Å². The van der Waals surface area contributed by atoms with Gasteiger partial charge in [-0.3, -0.25) is 8.98 Å². The molecule has 136 valence electrons. The number of aromatic nitrogens is 1. The molecule has 1 heterocycles. The average molecular weight is 371 g/mol. The van der Waals surface area contributed by atoms with Gasteiger partial charge >= 0.3 is 0 Å². The Kier molecular flexibility index (Phi) is 5.25. The monoisotopic (exact) mass is 371 g/mol. The van der Waals surface area contributed by atoms with E-state index in [0.717, 1.165) is 16.6 Å². The van der Waals surface area contributed by atoms with Crippen molar-refractivity contribution in [3.05, 3.63) is 76.2 Å². The number of pyridine rings is 1. The third-order valence-electron chi connectivity index (χ3n) is 4.30. The van der Waals surface area contributed by atoms with Crippen molar-refractivity contribution in [1.82, 2.24) is 4.57 Å². The SMILES string of the molecule is Cc1ccc(S(=O)(=O)OCCCn2c(C)cc3ccccc3c2=O)cc1. The van der Waals surface area contributed by atoms with E-state index in [9.17, 15) is 13.2 Å². The molecule has 0 atom stereocenters. The normalized spacial score (nSPS) is 11.8. The van der Waals surface area contributed by atoms with E-state index in [2.05, 4.69) is 0 Å². The fraction of sp³-hybridized carbons (Fsp3) is 0.250. The summed E-state index contributed by atoms with van der Waals surface area (Å²) in [6, 6.07) is 15.9. The Hall–Kier alpha value is -2.44. The van der Waals surface area contributed by atoms with Crippen molar-refractivity contribution in [3.8, 4) is 0 Å². The molecule has 6 heteroatoms. The molecular weight excluding hydrogens is 350 g/mol. The number of hydrogen-bond acceptors (Lipinski definition) is 4. The van der Waals surface area contributed by atoms with Crippen LogP contribution in [0.4, 0.5) is 0 Å². The predicted molar refractivity (Wildman–Crippen MR) is 102 cm³/mol. The van der Waals surface area contributed by atoms with Gasteiger partial charge in [-0.2, -0.15) is 8.42 Å². The molecule has 3 aromatic rings. The van der Waals surface area contributed by atoms with Crippen molar-refractivity contribution in [2.45, 2.75) is 31.7 Å². The first kappa shape index (κ1) is 18.4. The van der Waals surface area contributed by atoms with Gasteiger partial charge in [-0.05, 0) is 49.9 Å². The topological polar surface area (TPSA) is 65.4 Å². The van der Waals surface area contributed by atoms with Gasteiger partial charge in [0, 0.05) is 17.6 Å². The van der Waals surface area contributed by atoms with Crippen molar-refractivity contribution in [2.24, 2.45) is 0 Å². The van der Waals surface area contributed by atoms with Gasteiger partial charge in [-0.15, -0.1) is 0 Å². The number of rotatable bonds is 6. The number of fused-ring (bicyclic) bond motifs is 1. The lowest BCUT2D eigenvalue weighted by atomic mass is 10.1. The maximum atomic E-state index is 12.6. The summed E-state index contributed by atoms with van der Waals surface area (Å²) in [5.74, 6) is 0. The van der Waals surface area contributed by atoms with E-state index in [0.29, 0.717) is 18.4 Å². The zero-order valence-electron chi connectivity index (χ0n) is 14.8. The summed E-state index contributed by atoms with van der Waals surface area (Å²) in [7, 11) is -3.77. The molecule has 0 fully saturated rings. The van der Waals surface area contributed by atoms with Crippen molar-refractivity contribution in [2.75, 3.05) is 6.61 Å². The van der Waals surface area contributed by atoms with Crippen LogP contribution < -0.4 is 5.56 Å². The molecule has 3 rings (SSSR count). The second-order valence-electron chi connectivity index (χ2n) is 6.27. The molecule has 0 aliphatic rings. The van der Waals surface area contributed by atoms with Crippen LogP contribution in [0.15, 0.2) is 64.3 Å². The van der Waals surface area contributed by atoms with Crippen LogP contribution in [0.25, 0.3) is 10.8 Å². The van der Waals surface area contributed by atoms with E-state index < -0.39 is 10.1 Å². The molecular formula is C20H21NO4S. The van der Waals surface area contributed by atoms with Crippen molar-refractivity contribution < 1.29 is 12.6 Å². The van der Waals surface area contributed by atoms with Gasteiger partial charge in [0.05, 0.1) is 11.5 Å². The lowest BCUT2D eigenvalue weighted by Crippen LogP contribution is -2.23. The Labute approximate surface area is 153 Å². The fourth-order valence-corrected chi connectivity index (χ4v) is 3.81. The summed E-state index contributed by atoms with van der Waals surface area (Å²) >= 11 is 0. The third-order valence-corrected chi connectivity index (χ3v) is 5.63. The molecule has 0 unspecified atom stereocenters. The number of aryl methyl sites for hydroxylation is 2. The molecule has 2 aromatic carbocycles. The summed E-state index contributed by atoms with van der Waals surface area (Å²) in [5.41, 5.74) is 1.76. The molecule has 26 heavy (non-hydrogen) atoms. The van der Waals surface area contributed by atoms with Gasteiger partial charge in [-0.1, -0.05) is 35.9 Å². The van der Waals surface area contributed by atoms with Crippen LogP contribution in [0, 0.1) is 13.8 Å². The molecule has 0 N–H and O–H groups in total. The standard InChI is InChI=1S/C20H21NO4S/c1-15-8-10-18(11-9-15)26(23,24)25-13-5-12-21-16(2)14-17-6-3-4-7-19(17)20(21)22/h3-4,6-11,14H,5,12-13H2,1-2H3. The average Bonchev–Trinajstić information content (AvgIpc) is 2.61. The van der Waals surface area contributed by atoms with Gasteiger partial charge in [0.2, 0.25) is 0 Å². The van der Waals surface area contributed by atoms with Crippen LogP contribution in [0.2, 0.25) is 0 Å². The second-order valence-corrected chi connectivity index (χ2v) is 7.89. The lowest BCUT2D eigenvalue weighted by Gasteiger charge is -2.12. The maximum Gasteiger partial charge on any atom is 0.296 e. The fourth-order valence-electron chi connectivity index (χ4n) is 2.87. The van der Waals surface area contributed by atoms with E-state index in [1.165, 1.54) is 12.1 Å². The van der Waals surface area contributed by atoms with E-state index in [1.54, 1.807) is 22.8 Å². The molecule has 0 saturated carbocycles. The lowest BCUT2D eigenvalue weighted by molar-refractivity contribution is 0.302. The highest BCUT2D eigenvalue weighted by Crippen LogP contribution is 2.14. The first-order chi connectivity index (χ1) is 12.4. The van der Waals surface area contributed by atoms with Gasteiger partial charge < -0.3 is 4.57 Å². The highest BCUT2D eigenvalue weighted by atomic mass is 32.2. The summed E-state index contributed by atoms with van der Waals surface area (Å²) in [4.78, 5) is 12.7. The van der Waals surface area contributed by atoms with Gasteiger partial charge in [0.1, 0.15) is 0 Å². The highest BCUT2D eigenvalue weighted by Gasteiger charge is 2.14. The van der Waals surface area contributed by atoms with E-state index in [-0.39, 0.29) is 17.1 Å². The number of hydrogen-bond donors (Lipinski definition) is 0. The molecule has 0 bridgehead atoms. The maximum absolute atomic E-state index is 12.6. The number of nitrogens with zero attached hydrogens (tertiary/aromatic N) is 1. The Morgan fingerprint density at radius 2 is 1.69 bits per heavy atom. The van der Waals surface area contributed by atoms with Gasteiger partial charge in [0.15, 0.2) is 0 Å². The van der Waals surface area contributed by atoms with Crippen LogP contribution in [0.3, 0.4) is 0 Å². The van der Waals surface area contributed by atoms with Crippen molar-refractivity contribution >= 4 is 20.9 Å². The van der Waals surface area contributed by atoms with Gasteiger partial charge in [0.25, 0.3) is 15.7 Å². The van der Waals surface area contributed by atoms with Crippen LogP contribution in [-0.2, 0) is 20.8 Å². The Bertz CT molecular complexity index is 1080. The zero-order valence-corrected chi connectivity index (χ0v) is 15.6. The highest BCUT2D eigenvalue weighted by molar-refractivity contribution is 7.86. The first-order valence-electron chi connectivity index (χ1n) is 8.44.